The number of pyridine rings is 1. The number of thiophene rings is 1. The predicted octanol–water partition coefficient (Wildman–Crippen LogP) is 4.02. The van der Waals surface area contributed by atoms with Crippen LogP contribution in [0.4, 0.5) is 4.39 Å². The minimum Gasteiger partial charge on any atom is -0.337 e. The summed E-state index contributed by atoms with van der Waals surface area (Å²) in [4.78, 5) is 18.9. The van der Waals surface area contributed by atoms with Crippen LogP contribution in [0.1, 0.15) is 20.8 Å². The van der Waals surface area contributed by atoms with E-state index in [1.165, 1.54) is 17.4 Å². The maximum Gasteiger partial charge on any atom is 0.264 e. The highest BCUT2D eigenvalue weighted by Crippen LogP contribution is 2.33. The van der Waals surface area contributed by atoms with Crippen molar-refractivity contribution in [1.82, 2.24) is 9.88 Å². The third kappa shape index (κ3) is 2.60. The highest BCUT2D eigenvalue weighted by molar-refractivity contribution is 7.21. The lowest BCUT2D eigenvalue weighted by Crippen LogP contribution is -2.26. The standard InChI is InChI=1S/C17H15FN2OS/c1-11-15-13(18)6-3-7-14(15)22-16(11)17(21)20(2)10-12-5-4-8-19-9-12/h3-9H,10H2,1-2H3. The maximum absolute atomic E-state index is 13.9. The van der Waals surface area contributed by atoms with E-state index in [0.717, 1.165) is 10.3 Å². The Morgan fingerprint density at radius 2 is 2.14 bits per heavy atom. The number of rotatable bonds is 3. The smallest absolute Gasteiger partial charge is 0.264 e. The van der Waals surface area contributed by atoms with Gasteiger partial charge >= 0.3 is 0 Å². The fourth-order valence-corrected chi connectivity index (χ4v) is 3.69. The minimum atomic E-state index is -0.278. The number of aromatic nitrogens is 1. The maximum atomic E-state index is 13.9. The summed E-state index contributed by atoms with van der Waals surface area (Å²) in [6.45, 7) is 2.27. The Hall–Kier alpha value is -2.27. The molecule has 3 aromatic rings. The van der Waals surface area contributed by atoms with E-state index < -0.39 is 0 Å². The molecule has 2 heterocycles. The summed E-state index contributed by atoms with van der Waals surface area (Å²) in [6.07, 6.45) is 3.44. The van der Waals surface area contributed by atoms with Gasteiger partial charge in [-0.1, -0.05) is 12.1 Å². The summed E-state index contributed by atoms with van der Waals surface area (Å²) >= 11 is 1.34. The van der Waals surface area contributed by atoms with E-state index in [0.29, 0.717) is 22.4 Å². The van der Waals surface area contributed by atoms with E-state index in [9.17, 15) is 9.18 Å². The minimum absolute atomic E-state index is 0.0954. The van der Waals surface area contributed by atoms with Crippen LogP contribution in [0.5, 0.6) is 0 Å². The summed E-state index contributed by atoms with van der Waals surface area (Å²) in [6, 6.07) is 8.70. The van der Waals surface area contributed by atoms with Crippen molar-refractivity contribution in [2.24, 2.45) is 0 Å². The van der Waals surface area contributed by atoms with Crippen molar-refractivity contribution in [1.29, 1.82) is 0 Å². The molecule has 3 nitrogen and oxygen atoms in total. The molecular weight excluding hydrogens is 299 g/mol. The van der Waals surface area contributed by atoms with Crippen molar-refractivity contribution >= 4 is 27.3 Å². The molecule has 1 aromatic carbocycles. The molecule has 22 heavy (non-hydrogen) atoms. The van der Waals surface area contributed by atoms with Crippen LogP contribution in [-0.2, 0) is 6.54 Å². The Labute approximate surface area is 132 Å². The van der Waals surface area contributed by atoms with Crippen LogP contribution >= 0.6 is 11.3 Å². The van der Waals surface area contributed by atoms with Gasteiger partial charge in [0.15, 0.2) is 0 Å². The molecule has 0 radical (unpaired) electrons. The zero-order valence-corrected chi connectivity index (χ0v) is 13.2. The van der Waals surface area contributed by atoms with Crippen LogP contribution < -0.4 is 0 Å². The number of carbonyl (C=O) groups is 1. The predicted molar refractivity (Wildman–Crippen MR) is 86.6 cm³/mol. The van der Waals surface area contributed by atoms with E-state index in [4.69, 9.17) is 0 Å². The first-order valence-electron chi connectivity index (χ1n) is 6.90. The van der Waals surface area contributed by atoms with Gasteiger partial charge in [0.25, 0.3) is 5.91 Å². The topological polar surface area (TPSA) is 33.2 Å². The van der Waals surface area contributed by atoms with Crippen LogP contribution in [0.3, 0.4) is 0 Å². The molecule has 0 saturated carbocycles. The lowest BCUT2D eigenvalue weighted by molar-refractivity contribution is 0.0789. The lowest BCUT2D eigenvalue weighted by Gasteiger charge is -2.16. The molecule has 0 fully saturated rings. The summed E-state index contributed by atoms with van der Waals surface area (Å²) in [5.41, 5.74) is 1.67. The second-order valence-electron chi connectivity index (χ2n) is 5.19. The average molecular weight is 314 g/mol. The lowest BCUT2D eigenvalue weighted by atomic mass is 10.1. The molecule has 0 spiro atoms. The van der Waals surface area contributed by atoms with Crippen molar-refractivity contribution in [3.05, 3.63) is 64.5 Å². The Morgan fingerprint density at radius 3 is 2.82 bits per heavy atom. The highest BCUT2D eigenvalue weighted by Gasteiger charge is 2.20. The highest BCUT2D eigenvalue weighted by atomic mass is 32.1. The van der Waals surface area contributed by atoms with E-state index in [1.54, 1.807) is 37.3 Å². The molecule has 2 aromatic heterocycles. The number of fused-ring (bicyclic) bond motifs is 1. The van der Waals surface area contributed by atoms with Crippen molar-refractivity contribution in [3.63, 3.8) is 0 Å². The average Bonchev–Trinajstić information content (AvgIpc) is 2.86. The number of benzene rings is 1. The molecule has 112 valence electrons. The van der Waals surface area contributed by atoms with Crippen molar-refractivity contribution in [2.75, 3.05) is 7.05 Å². The van der Waals surface area contributed by atoms with Crippen molar-refractivity contribution in [3.8, 4) is 0 Å². The number of carbonyl (C=O) groups excluding carboxylic acids is 1. The molecule has 0 unspecified atom stereocenters. The zero-order valence-electron chi connectivity index (χ0n) is 12.3. The number of halogens is 1. The van der Waals surface area contributed by atoms with Gasteiger partial charge in [0.1, 0.15) is 5.82 Å². The summed E-state index contributed by atoms with van der Waals surface area (Å²) in [5.74, 6) is -0.373. The Kier molecular flexibility index (Phi) is 3.90. The van der Waals surface area contributed by atoms with Crippen LogP contribution in [0, 0.1) is 12.7 Å². The first-order valence-corrected chi connectivity index (χ1v) is 7.71. The molecule has 3 rings (SSSR count). The van der Waals surface area contributed by atoms with Gasteiger partial charge in [0, 0.05) is 36.1 Å². The van der Waals surface area contributed by atoms with Gasteiger partial charge in [-0.25, -0.2) is 4.39 Å². The summed E-state index contributed by atoms with van der Waals surface area (Å²) in [7, 11) is 1.75. The second-order valence-corrected chi connectivity index (χ2v) is 6.24. The van der Waals surface area contributed by atoms with Crippen LogP contribution in [0.2, 0.25) is 0 Å². The van der Waals surface area contributed by atoms with Crippen molar-refractivity contribution in [2.45, 2.75) is 13.5 Å². The fourth-order valence-electron chi connectivity index (χ4n) is 2.47. The van der Waals surface area contributed by atoms with Gasteiger partial charge in [-0.3, -0.25) is 9.78 Å². The Balaban J connectivity index is 1.92. The van der Waals surface area contributed by atoms with E-state index in [-0.39, 0.29) is 11.7 Å². The number of hydrogen-bond acceptors (Lipinski definition) is 3. The molecule has 0 N–H and O–H groups in total. The first kappa shape index (κ1) is 14.7. The van der Waals surface area contributed by atoms with Gasteiger partial charge in [0.2, 0.25) is 0 Å². The molecule has 0 aliphatic rings. The normalized spacial score (nSPS) is 10.9. The third-order valence-corrected chi connectivity index (χ3v) is 4.83. The van der Waals surface area contributed by atoms with E-state index in [2.05, 4.69) is 4.98 Å². The molecule has 0 atom stereocenters. The number of amides is 1. The van der Waals surface area contributed by atoms with Gasteiger partial charge in [-0.2, -0.15) is 0 Å². The van der Waals surface area contributed by atoms with Gasteiger partial charge in [0.05, 0.1) is 4.88 Å². The largest absolute Gasteiger partial charge is 0.337 e. The van der Waals surface area contributed by atoms with Gasteiger partial charge in [-0.05, 0) is 36.2 Å². The van der Waals surface area contributed by atoms with Gasteiger partial charge in [-0.15, -0.1) is 11.3 Å². The van der Waals surface area contributed by atoms with Crippen LogP contribution in [-0.4, -0.2) is 22.8 Å². The molecular formula is C17H15FN2OS. The van der Waals surface area contributed by atoms with E-state index in [1.807, 2.05) is 18.2 Å². The molecule has 0 bridgehead atoms. The van der Waals surface area contributed by atoms with Crippen molar-refractivity contribution < 1.29 is 9.18 Å². The van der Waals surface area contributed by atoms with Crippen LogP contribution in [0.15, 0.2) is 42.7 Å². The van der Waals surface area contributed by atoms with E-state index >= 15 is 0 Å². The number of hydrogen-bond donors (Lipinski definition) is 0. The number of nitrogens with zero attached hydrogens (tertiary/aromatic N) is 2. The van der Waals surface area contributed by atoms with Gasteiger partial charge < -0.3 is 4.90 Å². The fraction of sp³-hybridized carbons (Fsp3) is 0.176. The summed E-state index contributed by atoms with van der Waals surface area (Å²) < 4.78 is 14.7. The zero-order chi connectivity index (χ0) is 15.7. The monoisotopic (exact) mass is 314 g/mol. The molecule has 1 amide bonds. The Bertz CT molecular complexity index is 829. The number of aryl methyl sites for hydroxylation is 1. The third-order valence-electron chi connectivity index (χ3n) is 3.59. The molecule has 5 heteroatoms. The second kappa shape index (κ2) is 5.85. The molecule has 0 aliphatic carbocycles. The first-order chi connectivity index (χ1) is 10.6. The SMILES string of the molecule is Cc1c(C(=O)N(C)Cc2cccnc2)sc2cccc(F)c12. The summed E-state index contributed by atoms with van der Waals surface area (Å²) in [5, 5.41) is 0.547. The van der Waals surface area contributed by atoms with Crippen LogP contribution in [0.25, 0.3) is 10.1 Å². The quantitative estimate of drug-likeness (QED) is 0.731. The molecule has 0 saturated heterocycles. The Morgan fingerprint density at radius 1 is 1.32 bits per heavy atom. The molecule has 0 aliphatic heterocycles.